The number of rotatable bonds is 3. The molecule has 0 bridgehead atoms. The normalized spacial score (nSPS) is 10.4. The highest BCUT2D eigenvalue weighted by Crippen LogP contribution is 2.10. The Morgan fingerprint density at radius 2 is 2.43 bits per heavy atom. The van der Waals surface area contributed by atoms with E-state index < -0.39 is 0 Å². The number of thiophene rings is 1. The van der Waals surface area contributed by atoms with Crippen LogP contribution in [0.15, 0.2) is 22.9 Å². The van der Waals surface area contributed by atoms with Gasteiger partial charge in [-0.3, -0.25) is 4.68 Å². The summed E-state index contributed by atoms with van der Waals surface area (Å²) in [4.78, 5) is 0. The smallest absolute Gasteiger partial charge is 0.148 e. The Labute approximate surface area is 87.4 Å². The summed E-state index contributed by atoms with van der Waals surface area (Å²) in [6.45, 7) is 2.89. The van der Waals surface area contributed by atoms with E-state index in [2.05, 4.69) is 27.2 Å². The fraction of sp³-hybridized carbons (Fsp3) is 0.300. The number of nitrogens with one attached hydrogen (secondary N) is 1. The molecule has 2 aromatic rings. The molecule has 0 radical (unpaired) electrons. The Hall–Kier alpha value is -1.29. The van der Waals surface area contributed by atoms with E-state index in [0.717, 1.165) is 18.1 Å². The monoisotopic (exact) mass is 207 g/mol. The lowest BCUT2D eigenvalue weighted by molar-refractivity contribution is 0.741. The van der Waals surface area contributed by atoms with Gasteiger partial charge in [0.2, 0.25) is 0 Å². The first kappa shape index (κ1) is 9.27. The van der Waals surface area contributed by atoms with Crippen LogP contribution in [-0.4, -0.2) is 9.78 Å². The van der Waals surface area contributed by atoms with Crippen LogP contribution in [0.5, 0.6) is 0 Å². The minimum Gasteiger partial charge on any atom is -0.364 e. The predicted molar refractivity (Wildman–Crippen MR) is 59.6 cm³/mol. The molecule has 0 unspecified atom stereocenters. The average molecular weight is 207 g/mol. The van der Waals surface area contributed by atoms with Crippen molar-refractivity contribution in [2.24, 2.45) is 7.05 Å². The van der Waals surface area contributed by atoms with Gasteiger partial charge in [-0.15, -0.1) is 0 Å². The molecule has 2 heterocycles. The van der Waals surface area contributed by atoms with Crippen molar-refractivity contribution in [3.05, 3.63) is 34.2 Å². The number of anilines is 1. The Morgan fingerprint density at radius 3 is 3.00 bits per heavy atom. The van der Waals surface area contributed by atoms with Crippen molar-refractivity contribution in [1.82, 2.24) is 9.78 Å². The molecule has 0 aliphatic rings. The Morgan fingerprint density at radius 1 is 1.57 bits per heavy atom. The van der Waals surface area contributed by atoms with Gasteiger partial charge >= 0.3 is 0 Å². The van der Waals surface area contributed by atoms with Crippen LogP contribution in [0.2, 0.25) is 0 Å². The fourth-order valence-corrected chi connectivity index (χ4v) is 1.90. The van der Waals surface area contributed by atoms with Crippen LogP contribution in [0.25, 0.3) is 0 Å². The third kappa shape index (κ3) is 1.96. The maximum absolute atomic E-state index is 4.32. The zero-order valence-corrected chi connectivity index (χ0v) is 9.14. The number of aromatic nitrogens is 2. The van der Waals surface area contributed by atoms with Crippen LogP contribution in [0.3, 0.4) is 0 Å². The summed E-state index contributed by atoms with van der Waals surface area (Å²) in [5, 5.41) is 11.8. The molecule has 14 heavy (non-hydrogen) atoms. The van der Waals surface area contributed by atoms with Gasteiger partial charge in [-0.25, -0.2) is 0 Å². The summed E-state index contributed by atoms with van der Waals surface area (Å²) in [6, 6.07) is 4.17. The van der Waals surface area contributed by atoms with E-state index >= 15 is 0 Å². The molecule has 2 rings (SSSR count). The molecule has 0 atom stereocenters. The van der Waals surface area contributed by atoms with Crippen molar-refractivity contribution in [2.45, 2.75) is 13.5 Å². The van der Waals surface area contributed by atoms with Crippen molar-refractivity contribution < 1.29 is 0 Å². The summed E-state index contributed by atoms with van der Waals surface area (Å²) in [5.74, 6) is 0.941. The van der Waals surface area contributed by atoms with Gasteiger partial charge in [0.25, 0.3) is 0 Å². The lowest BCUT2D eigenvalue weighted by atomic mass is 10.3. The van der Waals surface area contributed by atoms with Crippen LogP contribution < -0.4 is 5.32 Å². The van der Waals surface area contributed by atoms with Crippen LogP contribution >= 0.6 is 11.3 Å². The first-order chi connectivity index (χ1) is 6.75. The fourth-order valence-electron chi connectivity index (χ4n) is 1.23. The average Bonchev–Trinajstić information content (AvgIpc) is 2.74. The molecular weight excluding hydrogens is 194 g/mol. The number of hydrogen-bond acceptors (Lipinski definition) is 3. The minimum atomic E-state index is 0.847. The molecule has 3 nitrogen and oxygen atoms in total. The summed E-state index contributed by atoms with van der Waals surface area (Å²) in [6.07, 6.45) is 0. The molecule has 74 valence electrons. The molecular formula is C10H13N3S. The van der Waals surface area contributed by atoms with Gasteiger partial charge in [0.1, 0.15) is 5.82 Å². The van der Waals surface area contributed by atoms with E-state index in [1.807, 2.05) is 24.7 Å². The zero-order valence-electron chi connectivity index (χ0n) is 8.32. The van der Waals surface area contributed by atoms with E-state index in [9.17, 15) is 0 Å². The maximum atomic E-state index is 4.32. The molecule has 1 N–H and O–H groups in total. The molecule has 0 saturated carbocycles. The second-order valence-corrected chi connectivity index (χ2v) is 4.06. The second-order valence-electron chi connectivity index (χ2n) is 3.28. The summed E-state index contributed by atoms with van der Waals surface area (Å²) in [7, 11) is 1.95. The molecule has 4 heteroatoms. The van der Waals surface area contributed by atoms with Gasteiger partial charge in [0.15, 0.2) is 0 Å². The number of nitrogens with zero attached hydrogens (tertiary/aromatic N) is 2. The molecule has 0 aliphatic heterocycles. The first-order valence-electron chi connectivity index (χ1n) is 4.51. The van der Waals surface area contributed by atoms with E-state index in [-0.39, 0.29) is 0 Å². The van der Waals surface area contributed by atoms with Crippen LogP contribution in [0.4, 0.5) is 5.82 Å². The Kier molecular flexibility index (Phi) is 2.54. The van der Waals surface area contributed by atoms with Crippen molar-refractivity contribution in [1.29, 1.82) is 0 Å². The summed E-state index contributed by atoms with van der Waals surface area (Å²) in [5.41, 5.74) is 2.47. The Balaban J connectivity index is 1.98. The third-order valence-corrected chi connectivity index (χ3v) is 2.90. The lowest BCUT2D eigenvalue weighted by Gasteiger charge is -1.99. The van der Waals surface area contributed by atoms with Crippen LogP contribution in [0, 0.1) is 6.92 Å². The molecule has 2 aromatic heterocycles. The highest BCUT2D eigenvalue weighted by molar-refractivity contribution is 7.07. The third-order valence-electron chi connectivity index (χ3n) is 2.17. The topological polar surface area (TPSA) is 29.9 Å². The lowest BCUT2D eigenvalue weighted by Crippen LogP contribution is -1.99. The van der Waals surface area contributed by atoms with Crippen LogP contribution in [0.1, 0.15) is 11.3 Å². The minimum absolute atomic E-state index is 0.847. The summed E-state index contributed by atoms with van der Waals surface area (Å²) >= 11 is 1.72. The van der Waals surface area contributed by atoms with Gasteiger partial charge < -0.3 is 5.32 Å². The summed E-state index contributed by atoms with van der Waals surface area (Å²) < 4.78 is 1.87. The van der Waals surface area contributed by atoms with Gasteiger partial charge in [-0.2, -0.15) is 16.4 Å². The highest BCUT2D eigenvalue weighted by Gasteiger charge is 2.00. The molecule has 0 saturated heterocycles. The zero-order chi connectivity index (χ0) is 9.97. The second kappa shape index (κ2) is 3.84. The predicted octanol–water partition coefficient (Wildman–Crippen LogP) is 2.40. The first-order valence-corrected chi connectivity index (χ1v) is 5.45. The van der Waals surface area contributed by atoms with Crippen LogP contribution in [-0.2, 0) is 13.6 Å². The SMILES string of the molecule is Cc1cc(NCc2ccsc2)nn1C. The van der Waals surface area contributed by atoms with Gasteiger partial charge in [-0.1, -0.05) is 0 Å². The molecule has 0 aromatic carbocycles. The highest BCUT2D eigenvalue weighted by atomic mass is 32.1. The van der Waals surface area contributed by atoms with Crippen molar-refractivity contribution >= 4 is 17.2 Å². The molecule has 0 fully saturated rings. The van der Waals surface area contributed by atoms with Crippen molar-refractivity contribution in [3.8, 4) is 0 Å². The number of aryl methyl sites for hydroxylation is 2. The Bertz CT molecular complexity index is 383. The van der Waals surface area contributed by atoms with Crippen molar-refractivity contribution in [2.75, 3.05) is 5.32 Å². The molecule has 0 aliphatic carbocycles. The maximum Gasteiger partial charge on any atom is 0.148 e. The molecule has 0 amide bonds. The van der Waals surface area contributed by atoms with Crippen molar-refractivity contribution in [3.63, 3.8) is 0 Å². The van der Waals surface area contributed by atoms with E-state index in [4.69, 9.17) is 0 Å². The van der Waals surface area contributed by atoms with E-state index in [0.29, 0.717) is 0 Å². The van der Waals surface area contributed by atoms with E-state index in [1.165, 1.54) is 5.56 Å². The van der Waals surface area contributed by atoms with Gasteiger partial charge in [0, 0.05) is 25.4 Å². The van der Waals surface area contributed by atoms with Gasteiger partial charge in [-0.05, 0) is 29.3 Å². The molecule has 0 spiro atoms. The standard InChI is InChI=1S/C10H13N3S/c1-8-5-10(12-13(8)2)11-6-9-3-4-14-7-9/h3-5,7H,6H2,1-2H3,(H,11,12). The van der Waals surface area contributed by atoms with Gasteiger partial charge in [0.05, 0.1) is 0 Å². The van der Waals surface area contributed by atoms with E-state index in [1.54, 1.807) is 11.3 Å². The largest absolute Gasteiger partial charge is 0.364 e. The quantitative estimate of drug-likeness (QED) is 0.837. The number of hydrogen-bond donors (Lipinski definition) is 1.